The maximum Gasteiger partial charge on any atom is 0.161 e. The number of hydrogen-bond acceptors (Lipinski definition) is 3. The molecule has 1 aromatic heterocycles. The van der Waals surface area contributed by atoms with Crippen LogP contribution in [-0.2, 0) is 0 Å². The molecule has 0 spiro atoms. The Labute approximate surface area is 81.1 Å². The Hall–Kier alpha value is -0.930. The van der Waals surface area contributed by atoms with Crippen LogP contribution in [0.1, 0.15) is 48.0 Å². The second-order valence-corrected chi connectivity index (χ2v) is 3.47. The number of tetrazole rings is 1. The average Bonchev–Trinajstić information content (AvgIpc) is 2.64. The van der Waals surface area contributed by atoms with Crippen molar-refractivity contribution in [1.82, 2.24) is 20.6 Å². The third-order valence-corrected chi connectivity index (χ3v) is 1.33. The highest BCUT2D eigenvalue weighted by Crippen LogP contribution is 2.16. The lowest BCUT2D eigenvalue weighted by Gasteiger charge is -2.12. The molecule has 0 saturated heterocycles. The molecule has 0 atom stereocenters. The lowest BCUT2D eigenvalue weighted by atomic mass is 9.94. The van der Waals surface area contributed by atoms with E-state index in [1.54, 1.807) is 0 Å². The van der Waals surface area contributed by atoms with Gasteiger partial charge in [-0.25, -0.2) is 0 Å². The summed E-state index contributed by atoms with van der Waals surface area (Å²) in [7, 11) is 0. The third kappa shape index (κ3) is 18.2. The molecule has 1 heterocycles. The molecular formula is C9H22N4. The summed E-state index contributed by atoms with van der Waals surface area (Å²) in [5, 5.41) is 12.2. The number of nitrogens with one attached hydrogen (secondary N) is 1. The first kappa shape index (κ1) is 14.6. The van der Waals surface area contributed by atoms with E-state index in [1.165, 1.54) is 12.7 Å². The molecule has 1 N–H and O–H groups in total. The van der Waals surface area contributed by atoms with Crippen LogP contribution >= 0.6 is 0 Å². The normalized spacial score (nSPS) is 9.08. The second kappa shape index (κ2) is 9.16. The molecule has 0 aliphatic carbocycles. The Morgan fingerprint density at radius 1 is 1.23 bits per heavy atom. The summed E-state index contributed by atoms with van der Waals surface area (Å²) in [6.45, 7) is 12.9. The third-order valence-electron chi connectivity index (χ3n) is 1.33. The summed E-state index contributed by atoms with van der Waals surface area (Å²) in [6, 6.07) is 0. The predicted molar refractivity (Wildman–Crippen MR) is 55.3 cm³/mol. The molecule has 1 aromatic rings. The van der Waals surface area contributed by atoms with E-state index in [0.29, 0.717) is 5.41 Å². The first-order valence-corrected chi connectivity index (χ1v) is 4.72. The van der Waals surface area contributed by atoms with Crippen molar-refractivity contribution in [3.05, 3.63) is 6.33 Å². The molecule has 0 bridgehead atoms. The molecule has 0 aromatic carbocycles. The van der Waals surface area contributed by atoms with Crippen LogP contribution in [0.15, 0.2) is 6.33 Å². The summed E-state index contributed by atoms with van der Waals surface area (Å²) >= 11 is 0. The zero-order chi connectivity index (χ0) is 10.7. The Balaban J connectivity index is 0. The number of hydrogen-bond donors (Lipinski definition) is 1. The smallest absolute Gasteiger partial charge is 0.161 e. The van der Waals surface area contributed by atoms with Crippen molar-refractivity contribution >= 4 is 0 Å². The highest BCUT2D eigenvalue weighted by Gasteiger charge is 2.03. The van der Waals surface area contributed by atoms with Crippen LogP contribution in [-0.4, -0.2) is 20.6 Å². The largest absolute Gasteiger partial charge is 0.177 e. The van der Waals surface area contributed by atoms with Crippen LogP contribution in [0.5, 0.6) is 0 Å². The van der Waals surface area contributed by atoms with Crippen molar-refractivity contribution < 1.29 is 0 Å². The molecule has 0 amide bonds. The molecule has 78 valence electrons. The highest BCUT2D eigenvalue weighted by molar-refractivity contribution is 4.55. The standard InChI is InChI=1S/C6H14.C2H6.CH2N4/c1-5-6(2,3)4;1-2;1-2-4-5-3-1/h5H2,1-4H3;1-2H3;1H,(H,2,3,4,5). The Kier molecular flexibility index (Phi) is 10.3. The monoisotopic (exact) mass is 186 g/mol. The lowest BCUT2D eigenvalue weighted by molar-refractivity contribution is 0.398. The van der Waals surface area contributed by atoms with Crippen LogP contribution in [0, 0.1) is 5.41 Å². The van der Waals surface area contributed by atoms with Gasteiger partial charge in [-0.15, -0.1) is 10.2 Å². The molecule has 0 aliphatic heterocycles. The van der Waals surface area contributed by atoms with Gasteiger partial charge in [0, 0.05) is 0 Å². The molecular weight excluding hydrogens is 164 g/mol. The fraction of sp³-hybridized carbons (Fsp3) is 0.889. The summed E-state index contributed by atoms with van der Waals surface area (Å²) in [4.78, 5) is 0. The average molecular weight is 186 g/mol. The minimum absolute atomic E-state index is 0.542. The Bertz CT molecular complexity index is 135. The first-order valence-electron chi connectivity index (χ1n) is 4.72. The molecule has 13 heavy (non-hydrogen) atoms. The lowest BCUT2D eigenvalue weighted by Crippen LogP contribution is -2.00. The van der Waals surface area contributed by atoms with Crippen LogP contribution in [0.4, 0.5) is 0 Å². The van der Waals surface area contributed by atoms with Crippen molar-refractivity contribution in [2.45, 2.75) is 48.0 Å². The van der Waals surface area contributed by atoms with E-state index in [-0.39, 0.29) is 0 Å². The van der Waals surface area contributed by atoms with E-state index in [2.05, 4.69) is 48.3 Å². The summed E-state index contributed by atoms with van der Waals surface area (Å²) in [6.07, 6.45) is 2.60. The number of aromatic amines is 1. The van der Waals surface area contributed by atoms with Gasteiger partial charge in [0.15, 0.2) is 6.33 Å². The van der Waals surface area contributed by atoms with Gasteiger partial charge in [-0.3, -0.25) is 0 Å². The molecule has 0 radical (unpaired) electrons. The van der Waals surface area contributed by atoms with Gasteiger partial charge in [0.1, 0.15) is 0 Å². The van der Waals surface area contributed by atoms with Crippen LogP contribution < -0.4 is 0 Å². The van der Waals surface area contributed by atoms with Crippen molar-refractivity contribution in [3.8, 4) is 0 Å². The SMILES string of the molecule is CC.CCC(C)(C)C.c1nn[nH]n1. The number of H-pyrrole nitrogens is 1. The fourth-order valence-electron chi connectivity index (χ4n) is 0.129. The van der Waals surface area contributed by atoms with Gasteiger partial charge in [-0.05, 0) is 5.41 Å². The van der Waals surface area contributed by atoms with Crippen molar-refractivity contribution in [2.75, 3.05) is 0 Å². The number of aromatic nitrogens is 4. The summed E-state index contributed by atoms with van der Waals surface area (Å²) in [5.74, 6) is 0. The zero-order valence-electron chi connectivity index (χ0n) is 9.63. The first-order chi connectivity index (χ1) is 6.06. The topological polar surface area (TPSA) is 54.5 Å². The minimum Gasteiger partial charge on any atom is -0.177 e. The predicted octanol–water partition coefficient (Wildman–Crippen LogP) is 2.67. The van der Waals surface area contributed by atoms with Crippen LogP contribution in [0.2, 0.25) is 0 Å². The van der Waals surface area contributed by atoms with E-state index in [1.807, 2.05) is 13.8 Å². The van der Waals surface area contributed by atoms with Gasteiger partial charge in [-0.2, -0.15) is 5.21 Å². The zero-order valence-corrected chi connectivity index (χ0v) is 9.63. The molecule has 4 heteroatoms. The number of nitrogens with zero attached hydrogens (tertiary/aromatic N) is 3. The van der Waals surface area contributed by atoms with E-state index in [4.69, 9.17) is 0 Å². The van der Waals surface area contributed by atoms with Gasteiger partial charge < -0.3 is 0 Å². The van der Waals surface area contributed by atoms with Gasteiger partial charge >= 0.3 is 0 Å². The minimum atomic E-state index is 0.542. The van der Waals surface area contributed by atoms with E-state index in [9.17, 15) is 0 Å². The van der Waals surface area contributed by atoms with Gasteiger partial charge in [0.25, 0.3) is 0 Å². The van der Waals surface area contributed by atoms with Crippen molar-refractivity contribution in [2.24, 2.45) is 5.41 Å². The van der Waals surface area contributed by atoms with Gasteiger partial charge in [-0.1, -0.05) is 53.2 Å². The quantitative estimate of drug-likeness (QED) is 0.677. The highest BCUT2D eigenvalue weighted by atomic mass is 15.5. The summed E-state index contributed by atoms with van der Waals surface area (Å²) < 4.78 is 0. The number of rotatable bonds is 0. The Morgan fingerprint density at radius 2 is 1.69 bits per heavy atom. The Morgan fingerprint density at radius 3 is 1.77 bits per heavy atom. The van der Waals surface area contributed by atoms with Crippen LogP contribution in [0.3, 0.4) is 0 Å². The maximum absolute atomic E-state index is 3.38. The van der Waals surface area contributed by atoms with Crippen molar-refractivity contribution in [1.29, 1.82) is 0 Å². The maximum atomic E-state index is 3.38. The van der Waals surface area contributed by atoms with Crippen LogP contribution in [0.25, 0.3) is 0 Å². The molecule has 0 aliphatic rings. The second-order valence-electron chi connectivity index (χ2n) is 3.47. The molecule has 1 rings (SSSR count). The molecule has 0 fully saturated rings. The molecule has 0 unspecified atom stereocenters. The molecule has 4 nitrogen and oxygen atoms in total. The van der Waals surface area contributed by atoms with E-state index >= 15 is 0 Å². The fourth-order valence-corrected chi connectivity index (χ4v) is 0.129. The molecule has 0 saturated carbocycles. The van der Waals surface area contributed by atoms with Gasteiger partial charge in [0.2, 0.25) is 0 Å². The van der Waals surface area contributed by atoms with Crippen molar-refractivity contribution in [3.63, 3.8) is 0 Å². The van der Waals surface area contributed by atoms with E-state index < -0.39 is 0 Å². The summed E-state index contributed by atoms with van der Waals surface area (Å²) in [5.41, 5.74) is 0.542. The van der Waals surface area contributed by atoms with E-state index in [0.717, 1.165) is 0 Å². The van der Waals surface area contributed by atoms with Gasteiger partial charge in [0.05, 0.1) is 0 Å².